The number of alkyl halides is 1. The monoisotopic (exact) mass is 882 g/mol. The summed E-state index contributed by atoms with van der Waals surface area (Å²) in [5.74, 6) is -1.59. The van der Waals surface area contributed by atoms with Crippen molar-refractivity contribution in [2.75, 3.05) is 38.3 Å². The number of hydrogen-bond acceptors (Lipinski definition) is 9. The number of nitrogens with zero attached hydrogens (tertiary/aromatic N) is 2. The summed E-state index contributed by atoms with van der Waals surface area (Å²) in [5.41, 5.74) is 0.721. The maximum atomic E-state index is 12.6. The van der Waals surface area contributed by atoms with Crippen molar-refractivity contribution in [3.8, 4) is 0 Å². The molecule has 2 heterocycles. The van der Waals surface area contributed by atoms with Gasteiger partial charge in [0.1, 0.15) is 11.2 Å². The molecule has 0 spiro atoms. The van der Waals surface area contributed by atoms with Crippen LogP contribution in [0.4, 0.5) is 9.59 Å². The zero-order chi connectivity index (χ0) is 38.5. The van der Waals surface area contributed by atoms with E-state index in [0.717, 1.165) is 11.1 Å². The first-order chi connectivity index (χ1) is 23.8. The van der Waals surface area contributed by atoms with Crippen molar-refractivity contribution < 1.29 is 48.0 Å². The minimum absolute atomic E-state index is 0. The molecule has 2 aromatic rings. The number of carboxylic acids is 1. The van der Waals surface area contributed by atoms with Gasteiger partial charge in [0.25, 0.3) is 0 Å². The van der Waals surface area contributed by atoms with Crippen LogP contribution in [-0.4, -0.2) is 113 Å². The molecule has 2 saturated heterocycles. The molecule has 2 aromatic carbocycles. The standard InChI is InChI=1S/C18H24ClNO5.C17H22ClNO5.CH3I.CH4/c1-18(2,3)25-17(22)20-10-15(16(21)23-4)24-11-14(20)9-12-5-7-13(19)8-6-12;1-17(2,3)24-16(22)19-9-14(15(20)21)23-10-13(19)8-11-4-6-12(18)7-5-11;1-2;/h5-8,14-15H,9-11H2,1-4H3;4-7,13-14H,8-10H2,1-3H3,(H,20,21);1H3;1H4/t14-,15+;13-,14+;;/m00../s1. The zero-order valence-electron chi connectivity index (χ0n) is 30.3. The van der Waals surface area contributed by atoms with Crippen LogP contribution in [0.3, 0.4) is 0 Å². The molecule has 15 heteroatoms. The molecule has 0 radical (unpaired) electrons. The zero-order valence-corrected chi connectivity index (χ0v) is 34.0. The molecule has 0 bridgehead atoms. The first kappa shape index (κ1) is 47.2. The number of benzene rings is 2. The van der Waals surface area contributed by atoms with Crippen LogP contribution in [-0.2, 0) is 46.1 Å². The molecular formula is C37H53Cl2IN2O10. The van der Waals surface area contributed by atoms with Gasteiger partial charge in [0, 0.05) is 10.0 Å². The highest BCUT2D eigenvalue weighted by Crippen LogP contribution is 2.23. The van der Waals surface area contributed by atoms with Crippen LogP contribution in [0.2, 0.25) is 10.0 Å². The van der Waals surface area contributed by atoms with Gasteiger partial charge in [-0.2, -0.15) is 0 Å². The highest BCUT2D eigenvalue weighted by molar-refractivity contribution is 14.1. The molecule has 52 heavy (non-hydrogen) atoms. The van der Waals surface area contributed by atoms with Gasteiger partial charge in [0.05, 0.1) is 45.5 Å². The van der Waals surface area contributed by atoms with Gasteiger partial charge in [0.2, 0.25) is 0 Å². The number of esters is 1. The minimum Gasteiger partial charge on any atom is -0.479 e. The van der Waals surface area contributed by atoms with Crippen molar-refractivity contribution in [2.24, 2.45) is 0 Å². The average molecular weight is 884 g/mol. The number of amides is 2. The summed E-state index contributed by atoms with van der Waals surface area (Å²) < 4.78 is 26.6. The Morgan fingerprint density at radius 2 is 1.08 bits per heavy atom. The maximum absolute atomic E-state index is 12.6. The molecule has 1 N–H and O–H groups in total. The van der Waals surface area contributed by atoms with Gasteiger partial charge >= 0.3 is 24.1 Å². The molecule has 0 unspecified atom stereocenters. The van der Waals surface area contributed by atoms with Crippen LogP contribution in [0.1, 0.15) is 60.1 Å². The second-order valence-corrected chi connectivity index (χ2v) is 14.6. The van der Waals surface area contributed by atoms with Crippen LogP contribution in [0, 0.1) is 0 Å². The number of carbonyl (C=O) groups is 4. The van der Waals surface area contributed by atoms with Gasteiger partial charge in [-0.1, -0.05) is 77.5 Å². The quantitative estimate of drug-likeness (QED) is 0.133. The fraction of sp³-hybridized carbons (Fsp3) is 0.568. The highest BCUT2D eigenvalue weighted by atomic mass is 127. The van der Waals surface area contributed by atoms with E-state index in [9.17, 15) is 19.2 Å². The van der Waals surface area contributed by atoms with Gasteiger partial charge in [0.15, 0.2) is 12.2 Å². The van der Waals surface area contributed by atoms with E-state index >= 15 is 0 Å². The molecule has 292 valence electrons. The Morgan fingerprint density at radius 1 is 0.731 bits per heavy atom. The van der Waals surface area contributed by atoms with E-state index < -0.39 is 47.5 Å². The van der Waals surface area contributed by atoms with Crippen LogP contribution < -0.4 is 0 Å². The number of methoxy groups -OCH3 is 1. The molecule has 12 nitrogen and oxygen atoms in total. The smallest absolute Gasteiger partial charge is 0.410 e. The van der Waals surface area contributed by atoms with E-state index in [1.54, 1.807) is 70.7 Å². The fourth-order valence-corrected chi connectivity index (χ4v) is 5.28. The van der Waals surface area contributed by atoms with Crippen LogP contribution in [0.15, 0.2) is 48.5 Å². The fourth-order valence-electron chi connectivity index (χ4n) is 5.03. The molecule has 2 fully saturated rings. The Balaban J connectivity index is 0.000000488. The van der Waals surface area contributed by atoms with E-state index in [1.807, 2.05) is 29.2 Å². The third-order valence-electron chi connectivity index (χ3n) is 7.35. The van der Waals surface area contributed by atoms with E-state index in [-0.39, 0.29) is 45.8 Å². The van der Waals surface area contributed by atoms with E-state index in [0.29, 0.717) is 22.9 Å². The Labute approximate surface area is 331 Å². The Hall–Kier alpha value is -2.85. The second-order valence-electron chi connectivity index (χ2n) is 13.7. The number of hydrogen-bond donors (Lipinski definition) is 1. The minimum atomic E-state index is -1.09. The molecule has 4 rings (SSSR count). The Morgan fingerprint density at radius 3 is 1.40 bits per heavy atom. The molecular weight excluding hydrogens is 830 g/mol. The number of ether oxygens (including phenoxy) is 5. The third kappa shape index (κ3) is 16.0. The lowest BCUT2D eigenvalue weighted by molar-refractivity contribution is -0.162. The predicted molar refractivity (Wildman–Crippen MR) is 210 cm³/mol. The second kappa shape index (κ2) is 21.8. The van der Waals surface area contributed by atoms with Crippen molar-refractivity contribution in [3.05, 3.63) is 69.7 Å². The predicted octanol–water partition coefficient (Wildman–Crippen LogP) is 7.72. The SMILES string of the molecule is C.CC(C)(C)OC(=O)N1C[C@H](C(=O)O)OC[C@@H]1Cc1ccc(Cl)cc1.CI.COC(=O)[C@H]1CN(C(=O)OC(C)(C)C)[C@@H](Cc2ccc(Cl)cc2)CO1. The molecule has 0 aromatic heterocycles. The summed E-state index contributed by atoms with van der Waals surface area (Å²) >= 11 is 14.0. The number of rotatable bonds is 6. The summed E-state index contributed by atoms with van der Waals surface area (Å²) in [4.78, 5) is 53.0. The number of morpholine rings is 2. The van der Waals surface area contributed by atoms with Crippen molar-refractivity contribution in [1.82, 2.24) is 9.80 Å². The Bertz CT molecular complexity index is 1430. The number of carboxylic acid groups (broad SMARTS) is 1. The van der Waals surface area contributed by atoms with Crippen LogP contribution >= 0.6 is 45.8 Å². The number of halogens is 3. The van der Waals surface area contributed by atoms with Gasteiger partial charge in [-0.05, 0) is 94.7 Å². The number of carbonyl (C=O) groups excluding carboxylic acids is 3. The average Bonchev–Trinajstić information content (AvgIpc) is 3.06. The summed E-state index contributed by atoms with van der Waals surface area (Å²) in [6.07, 6.45) is -1.75. The highest BCUT2D eigenvalue weighted by Gasteiger charge is 2.39. The normalized spacial score (nSPS) is 20.1. The van der Waals surface area contributed by atoms with Crippen molar-refractivity contribution >= 4 is 69.9 Å². The van der Waals surface area contributed by atoms with Crippen LogP contribution in [0.25, 0.3) is 0 Å². The van der Waals surface area contributed by atoms with Crippen molar-refractivity contribution in [1.29, 1.82) is 0 Å². The molecule has 0 aliphatic carbocycles. The van der Waals surface area contributed by atoms with Crippen molar-refractivity contribution in [2.45, 2.75) is 97.3 Å². The lowest BCUT2D eigenvalue weighted by Gasteiger charge is -2.39. The van der Waals surface area contributed by atoms with Gasteiger partial charge in [-0.3, -0.25) is 9.80 Å². The topological polar surface area (TPSA) is 141 Å². The molecule has 2 aliphatic rings. The first-order valence-electron chi connectivity index (χ1n) is 16.2. The first-order valence-corrected chi connectivity index (χ1v) is 19.2. The van der Waals surface area contributed by atoms with E-state index in [4.69, 9.17) is 52.0 Å². The molecule has 4 atom stereocenters. The summed E-state index contributed by atoms with van der Waals surface area (Å²) in [5, 5.41) is 10.4. The van der Waals surface area contributed by atoms with Crippen LogP contribution in [0.5, 0.6) is 0 Å². The molecule has 2 amide bonds. The van der Waals surface area contributed by atoms with Gasteiger partial charge in [-0.25, -0.2) is 19.2 Å². The van der Waals surface area contributed by atoms with Gasteiger partial charge < -0.3 is 28.8 Å². The number of aliphatic carboxylic acids is 1. The molecule has 0 saturated carbocycles. The summed E-state index contributed by atoms with van der Waals surface area (Å²) in [6, 6.07) is 14.2. The third-order valence-corrected chi connectivity index (χ3v) is 7.85. The lowest BCUT2D eigenvalue weighted by Crippen LogP contribution is -2.56. The summed E-state index contributed by atoms with van der Waals surface area (Å²) in [7, 11) is 1.29. The van der Waals surface area contributed by atoms with Crippen molar-refractivity contribution in [3.63, 3.8) is 0 Å². The molecule has 2 aliphatic heterocycles. The van der Waals surface area contributed by atoms with Gasteiger partial charge in [-0.15, -0.1) is 0 Å². The maximum Gasteiger partial charge on any atom is 0.410 e. The van der Waals surface area contributed by atoms with E-state index in [2.05, 4.69) is 22.6 Å². The Kier molecular flexibility index (Phi) is 19.7. The van der Waals surface area contributed by atoms with E-state index in [1.165, 1.54) is 12.0 Å². The lowest BCUT2D eigenvalue weighted by atomic mass is 10.0. The summed E-state index contributed by atoms with van der Waals surface area (Å²) in [6.45, 7) is 11.1. The largest absolute Gasteiger partial charge is 0.479 e.